The molecule has 1 unspecified atom stereocenters. The maximum absolute atomic E-state index is 13.0. The van der Waals surface area contributed by atoms with Crippen molar-refractivity contribution in [3.8, 4) is 0 Å². The second-order valence-electron chi connectivity index (χ2n) is 22.2. The molecule has 3 heterocycles. The van der Waals surface area contributed by atoms with Gasteiger partial charge >= 0.3 is 17.3 Å². The third-order valence-corrected chi connectivity index (χ3v) is 15.9. The normalized spacial score (nSPS) is 16.0. The third-order valence-electron chi connectivity index (χ3n) is 14.3. The minimum Gasteiger partial charge on any atom is -0.744 e. The van der Waals surface area contributed by atoms with Gasteiger partial charge in [-0.05, 0) is 88.9 Å². The average Bonchev–Trinajstić information content (AvgIpc) is 1.57. The molecule has 506 valence electrons. The summed E-state index contributed by atoms with van der Waals surface area (Å²) in [6, 6.07) is 11.8. The van der Waals surface area contributed by atoms with Crippen LogP contribution in [0.25, 0.3) is 17.0 Å². The van der Waals surface area contributed by atoms with Gasteiger partial charge < -0.3 is 76.0 Å². The summed E-state index contributed by atoms with van der Waals surface area (Å²) in [5.74, 6) is -2.00. The molecule has 1 atom stereocenters. The van der Waals surface area contributed by atoms with Crippen LogP contribution in [-0.4, -0.2) is 234 Å². The zero-order valence-electron chi connectivity index (χ0n) is 53.0. The Morgan fingerprint density at radius 1 is 0.667 bits per heavy atom. The number of nitrogens with zero attached hydrogens (tertiary/aromatic N) is 3. The monoisotopic (exact) mass is 1310 g/mol. The van der Waals surface area contributed by atoms with Crippen molar-refractivity contribution in [2.45, 2.75) is 81.9 Å². The number of amides is 2. The van der Waals surface area contributed by atoms with Gasteiger partial charge in [-0.3, -0.25) is 14.1 Å². The lowest BCUT2D eigenvalue weighted by atomic mass is 9.77. The molecule has 0 aliphatic carbocycles. The zero-order valence-corrected chi connectivity index (χ0v) is 54.6. The Hall–Kier alpha value is -5.12. The first-order valence-corrected chi connectivity index (χ1v) is 33.4. The number of rotatable bonds is 49. The first-order chi connectivity index (χ1) is 43.2. The second kappa shape index (κ2) is 40.1. The van der Waals surface area contributed by atoms with Crippen molar-refractivity contribution in [2.24, 2.45) is 0 Å². The van der Waals surface area contributed by atoms with E-state index in [0.717, 1.165) is 16.6 Å². The van der Waals surface area contributed by atoms with Crippen LogP contribution in [0.2, 0.25) is 0 Å². The first kappa shape index (κ1) is 75.6. The molecule has 1 N–H and O–H groups in total. The number of hydrogen-bond donors (Lipinski definition) is 1. The highest BCUT2D eigenvalue weighted by atomic mass is 32.2. The topological polar surface area (TPSA) is 304 Å². The summed E-state index contributed by atoms with van der Waals surface area (Å²) in [5.41, 5.74) is 2.10. The number of fused-ring (bicyclic) bond motifs is 2. The molecule has 2 aliphatic rings. The van der Waals surface area contributed by atoms with Crippen LogP contribution in [0.4, 0.5) is 11.4 Å². The van der Waals surface area contributed by atoms with E-state index in [1.807, 2.05) is 70.2 Å². The molecule has 1 fully saturated rings. The summed E-state index contributed by atoms with van der Waals surface area (Å²) in [7, 11) is -6.08. The Bertz CT molecular complexity index is 2900. The minimum absolute atomic E-state index is 0.0374. The molecule has 26 nitrogen and oxygen atoms in total. The fourth-order valence-corrected chi connectivity index (χ4v) is 10.6. The highest BCUT2D eigenvalue weighted by Gasteiger charge is 2.44. The van der Waals surface area contributed by atoms with Gasteiger partial charge in [-0.1, -0.05) is 12.2 Å². The SMILES string of the molecule is COCCOCCOCCOCCOCCOCCN(CCOCCOCCOCCOCCOCCOC)c1ccc2c(/C=C/C=C3\N(CCCS(=O)(=O)O)c4ccc(S(=O)(=O)[O-])cc4C3(C)CCCC(=O)ON3C(=O)CCC3=O)cc(C(C)(C)C)[o+]c2c1. The van der Waals surface area contributed by atoms with Crippen LogP contribution in [0, 0.1) is 0 Å². The lowest BCUT2D eigenvalue weighted by Gasteiger charge is -2.30. The number of carbonyl (C=O) groups is 3. The molecule has 3 aromatic rings. The largest absolute Gasteiger partial charge is 0.744 e. The minimum atomic E-state index is -4.95. The molecule has 1 saturated heterocycles. The van der Waals surface area contributed by atoms with Crippen LogP contribution in [0.5, 0.6) is 0 Å². The lowest BCUT2D eigenvalue weighted by molar-refractivity contribution is -0.197. The standard InChI is InChI=1S/C62H93N3O23S2/c1-61(2,3)57-46-49(10-7-11-56-62(4,19-8-12-60(68)88-65-58(66)17-18-59(65)67)53-48-51(90(72,73)74)14-16-54(53)64(56)20-9-45-89(69,70)71)52-15-13-50(47-55(52)87-57)63(21-23-77-29-31-81-37-39-85-43-41-83-35-33-79-27-25-75-5)22-24-78-30-32-82-38-40-86-44-42-84-36-34-80-28-26-76-6/h7,10-11,13-16,46-48H,8-9,12,17-45H2,1-6H3,(H-,69,70,71,72,73,74)/b10-7+,56-11-. The summed E-state index contributed by atoms with van der Waals surface area (Å²) in [4.78, 5) is 46.1. The Balaban J connectivity index is 1.32. The fraction of sp³-hybridized carbons (Fsp3) is 0.645. The molecule has 5 rings (SSSR count). The van der Waals surface area contributed by atoms with E-state index in [2.05, 4.69) is 4.90 Å². The van der Waals surface area contributed by atoms with E-state index in [0.29, 0.717) is 192 Å². The number of hydroxylamine groups is 2. The molecular formula is C62H93N3O23S2. The van der Waals surface area contributed by atoms with Crippen LogP contribution in [-0.2, 0) is 107 Å². The number of ether oxygens (including phenoxy) is 12. The average molecular weight is 1310 g/mol. The van der Waals surface area contributed by atoms with Gasteiger partial charge in [0.25, 0.3) is 21.9 Å². The summed E-state index contributed by atoms with van der Waals surface area (Å²) >= 11 is 0. The van der Waals surface area contributed by atoms with Crippen molar-refractivity contribution in [1.29, 1.82) is 0 Å². The van der Waals surface area contributed by atoms with Crippen molar-refractivity contribution < 1.29 is 106 Å². The maximum atomic E-state index is 13.0. The van der Waals surface area contributed by atoms with Crippen molar-refractivity contribution in [1.82, 2.24) is 5.06 Å². The van der Waals surface area contributed by atoms with E-state index in [1.165, 1.54) is 18.2 Å². The zero-order chi connectivity index (χ0) is 65.3. The van der Waals surface area contributed by atoms with E-state index < -0.39 is 59.5 Å². The molecule has 2 aromatic carbocycles. The number of anilines is 2. The van der Waals surface area contributed by atoms with Crippen LogP contribution in [0.3, 0.4) is 0 Å². The Morgan fingerprint density at radius 3 is 1.60 bits per heavy atom. The molecule has 2 aliphatic heterocycles. The van der Waals surface area contributed by atoms with Crippen molar-refractivity contribution in [3.05, 3.63) is 77.2 Å². The predicted molar refractivity (Wildman–Crippen MR) is 332 cm³/mol. The molecule has 28 heteroatoms. The number of methoxy groups -OCH3 is 2. The van der Waals surface area contributed by atoms with E-state index in [-0.39, 0.29) is 45.1 Å². The Kier molecular flexibility index (Phi) is 33.7. The van der Waals surface area contributed by atoms with Crippen LogP contribution >= 0.6 is 0 Å². The smallest absolute Gasteiger partial charge is 0.362 e. The maximum Gasteiger partial charge on any atom is 0.362 e. The number of allylic oxidation sites excluding steroid dienone is 3. The summed E-state index contributed by atoms with van der Waals surface area (Å²) in [6.07, 6.45) is 5.35. The predicted octanol–water partition coefficient (Wildman–Crippen LogP) is 5.91. The molecular weight excluding hydrogens is 1220 g/mol. The van der Waals surface area contributed by atoms with Crippen molar-refractivity contribution >= 4 is 66.4 Å². The molecule has 1 aromatic heterocycles. The summed E-state index contributed by atoms with van der Waals surface area (Å²) < 4.78 is 144. The molecule has 0 saturated carbocycles. The molecule has 0 radical (unpaired) electrons. The number of benzene rings is 2. The van der Waals surface area contributed by atoms with Gasteiger partial charge in [0.2, 0.25) is 0 Å². The third kappa shape index (κ3) is 26.8. The van der Waals surface area contributed by atoms with Gasteiger partial charge in [-0.15, -0.1) is 5.06 Å². The summed E-state index contributed by atoms with van der Waals surface area (Å²) in [5, 5.41) is 1.23. The van der Waals surface area contributed by atoms with Crippen molar-refractivity contribution in [2.75, 3.05) is 195 Å². The van der Waals surface area contributed by atoms with Gasteiger partial charge in [0.15, 0.2) is 0 Å². The van der Waals surface area contributed by atoms with Gasteiger partial charge in [0, 0.05) is 87.2 Å². The van der Waals surface area contributed by atoms with E-state index in [9.17, 15) is 40.3 Å². The molecule has 0 spiro atoms. The van der Waals surface area contributed by atoms with E-state index in [1.54, 1.807) is 19.1 Å². The second-order valence-corrected chi connectivity index (χ2v) is 25.1. The van der Waals surface area contributed by atoms with E-state index in [4.69, 9.17) is 66.1 Å². The lowest BCUT2D eigenvalue weighted by Crippen LogP contribution is -2.32. The van der Waals surface area contributed by atoms with Crippen LogP contribution in [0.15, 0.2) is 69.6 Å². The number of imide groups is 1. The molecule has 2 amide bonds. The number of carbonyl (C=O) groups excluding carboxylic acids is 3. The van der Waals surface area contributed by atoms with Gasteiger partial charge in [0.05, 0.1) is 173 Å². The highest BCUT2D eigenvalue weighted by Crippen LogP contribution is 2.51. The number of hydrogen-bond acceptors (Lipinski definition) is 23. The summed E-state index contributed by atoms with van der Waals surface area (Å²) in [6.45, 7) is 18.6. The van der Waals surface area contributed by atoms with Crippen LogP contribution < -0.4 is 9.80 Å². The van der Waals surface area contributed by atoms with Gasteiger partial charge in [-0.25, -0.2) is 17.6 Å². The van der Waals surface area contributed by atoms with Gasteiger partial charge in [-0.2, -0.15) is 8.42 Å². The van der Waals surface area contributed by atoms with E-state index >= 15 is 0 Å². The fourth-order valence-electron chi connectivity index (χ4n) is 9.60. The van der Waals surface area contributed by atoms with Crippen molar-refractivity contribution in [3.63, 3.8) is 0 Å². The molecule has 0 bridgehead atoms. The Labute approximate surface area is 529 Å². The van der Waals surface area contributed by atoms with Gasteiger partial charge in [0.1, 0.15) is 10.1 Å². The first-order valence-electron chi connectivity index (χ1n) is 30.4. The quantitative estimate of drug-likeness (QED) is 0.0297. The Morgan fingerprint density at radius 2 is 1.14 bits per heavy atom. The van der Waals surface area contributed by atoms with Crippen LogP contribution in [0.1, 0.15) is 83.1 Å². The highest BCUT2D eigenvalue weighted by molar-refractivity contribution is 7.86. The molecule has 90 heavy (non-hydrogen) atoms.